The number of carbonyl (C=O) groups is 3. The lowest BCUT2D eigenvalue weighted by Crippen LogP contribution is -2.12. The standard InChI is InChI=1S/C32H32O8/c1-4-30(33)38-20-6-5-19-36-27-15-11-26(12-16-27)32(35)40-29-17-9-25(10-18-29)24-7-13-28(14-8-24)37-21-22-39-31(34)23(2)3/h4,7-18H,1-2,5-6,19-22H2,3H3. The predicted molar refractivity (Wildman–Crippen MR) is 150 cm³/mol. The van der Waals surface area contributed by atoms with Gasteiger partial charge in [0, 0.05) is 11.6 Å². The highest BCUT2D eigenvalue weighted by molar-refractivity contribution is 5.91. The smallest absolute Gasteiger partial charge is 0.343 e. The zero-order valence-electron chi connectivity index (χ0n) is 22.4. The molecule has 0 atom stereocenters. The third kappa shape index (κ3) is 9.79. The molecule has 0 saturated heterocycles. The molecule has 0 N–H and O–H groups in total. The van der Waals surface area contributed by atoms with Crippen LogP contribution in [0.4, 0.5) is 0 Å². The predicted octanol–water partition coefficient (Wildman–Crippen LogP) is 5.96. The summed E-state index contributed by atoms with van der Waals surface area (Å²) in [6.07, 6.45) is 2.53. The van der Waals surface area contributed by atoms with E-state index in [0.717, 1.165) is 23.6 Å². The summed E-state index contributed by atoms with van der Waals surface area (Å²) in [5.74, 6) is 0.366. The number of unbranched alkanes of at least 4 members (excludes halogenated alkanes) is 1. The number of hydrogen-bond acceptors (Lipinski definition) is 8. The molecule has 0 bridgehead atoms. The molecule has 40 heavy (non-hydrogen) atoms. The first-order valence-corrected chi connectivity index (χ1v) is 12.8. The molecule has 0 unspecified atom stereocenters. The van der Waals surface area contributed by atoms with Crippen molar-refractivity contribution in [3.05, 3.63) is 103 Å². The maximum atomic E-state index is 12.6. The van der Waals surface area contributed by atoms with E-state index in [1.807, 2.05) is 36.4 Å². The zero-order chi connectivity index (χ0) is 28.7. The Morgan fingerprint density at radius 1 is 0.675 bits per heavy atom. The van der Waals surface area contributed by atoms with Crippen molar-refractivity contribution in [2.75, 3.05) is 26.4 Å². The molecule has 0 aliphatic heterocycles. The fraction of sp³-hybridized carbons (Fsp3) is 0.219. The molecule has 0 heterocycles. The summed E-state index contributed by atoms with van der Waals surface area (Å²) in [6, 6.07) is 21.4. The Kier molecular flexibility index (Phi) is 11.5. The number of benzene rings is 3. The summed E-state index contributed by atoms with van der Waals surface area (Å²) >= 11 is 0. The van der Waals surface area contributed by atoms with Crippen LogP contribution in [-0.2, 0) is 19.1 Å². The van der Waals surface area contributed by atoms with Crippen LogP contribution in [0.5, 0.6) is 17.2 Å². The molecule has 8 heteroatoms. The van der Waals surface area contributed by atoms with Crippen molar-refractivity contribution in [3.8, 4) is 28.4 Å². The van der Waals surface area contributed by atoms with Gasteiger partial charge in [-0.25, -0.2) is 14.4 Å². The van der Waals surface area contributed by atoms with Gasteiger partial charge < -0.3 is 23.7 Å². The molecule has 0 saturated carbocycles. The third-order valence-corrected chi connectivity index (χ3v) is 5.49. The van der Waals surface area contributed by atoms with Crippen LogP contribution in [0.1, 0.15) is 30.1 Å². The van der Waals surface area contributed by atoms with Gasteiger partial charge in [-0.15, -0.1) is 0 Å². The van der Waals surface area contributed by atoms with E-state index < -0.39 is 17.9 Å². The van der Waals surface area contributed by atoms with E-state index in [0.29, 0.717) is 48.0 Å². The first-order valence-electron chi connectivity index (χ1n) is 12.8. The molecule has 0 radical (unpaired) electrons. The first-order chi connectivity index (χ1) is 19.4. The highest BCUT2D eigenvalue weighted by Gasteiger charge is 2.10. The summed E-state index contributed by atoms with van der Waals surface area (Å²) in [7, 11) is 0. The van der Waals surface area contributed by atoms with Gasteiger partial charge >= 0.3 is 17.9 Å². The van der Waals surface area contributed by atoms with E-state index in [1.54, 1.807) is 43.3 Å². The van der Waals surface area contributed by atoms with E-state index >= 15 is 0 Å². The molecule has 0 aromatic heterocycles. The number of ether oxygens (including phenoxy) is 5. The van der Waals surface area contributed by atoms with Gasteiger partial charge in [-0.05, 0) is 79.4 Å². The van der Waals surface area contributed by atoms with Crippen LogP contribution in [0.15, 0.2) is 97.6 Å². The monoisotopic (exact) mass is 544 g/mol. The first kappa shape index (κ1) is 29.7. The van der Waals surface area contributed by atoms with Gasteiger partial charge in [0.1, 0.15) is 30.5 Å². The highest BCUT2D eigenvalue weighted by atomic mass is 16.6. The van der Waals surface area contributed by atoms with Crippen molar-refractivity contribution in [3.63, 3.8) is 0 Å². The van der Waals surface area contributed by atoms with E-state index in [4.69, 9.17) is 23.7 Å². The van der Waals surface area contributed by atoms with E-state index in [2.05, 4.69) is 13.2 Å². The maximum Gasteiger partial charge on any atom is 0.343 e. The van der Waals surface area contributed by atoms with Crippen molar-refractivity contribution >= 4 is 17.9 Å². The summed E-state index contributed by atoms with van der Waals surface area (Å²) < 4.78 is 26.7. The molecule has 3 aromatic carbocycles. The van der Waals surface area contributed by atoms with Gasteiger partial charge in [-0.2, -0.15) is 0 Å². The molecule has 8 nitrogen and oxygen atoms in total. The number of hydrogen-bond donors (Lipinski definition) is 0. The molecule has 3 rings (SSSR count). The summed E-state index contributed by atoms with van der Waals surface area (Å²) in [5, 5.41) is 0. The highest BCUT2D eigenvalue weighted by Crippen LogP contribution is 2.25. The number of rotatable bonds is 15. The van der Waals surface area contributed by atoms with Crippen LogP contribution in [0, 0.1) is 0 Å². The molecule has 3 aromatic rings. The van der Waals surface area contributed by atoms with Gasteiger partial charge in [0.2, 0.25) is 0 Å². The largest absolute Gasteiger partial charge is 0.494 e. The minimum absolute atomic E-state index is 0.142. The van der Waals surface area contributed by atoms with Crippen LogP contribution in [0.25, 0.3) is 11.1 Å². The van der Waals surface area contributed by atoms with Gasteiger partial charge in [0.25, 0.3) is 0 Å². The average molecular weight is 545 g/mol. The maximum absolute atomic E-state index is 12.6. The molecular weight excluding hydrogens is 512 g/mol. The van der Waals surface area contributed by atoms with Gasteiger partial charge in [0.15, 0.2) is 0 Å². The Labute approximate surface area is 233 Å². The Bertz CT molecular complexity index is 1290. The zero-order valence-corrected chi connectivity index (χ0v) is 22.4. The summed E-state index contributed by atoms with van der Waals surface area (Å²) in [5.41, 5.74) is 2.66. The molecule has 0 aliphatic rings. The second kappa shape index (κ2) is 15.5. The molecule has 208 valence electrons. The topological polar surface area (TPSA) is 97.4 Å². The lowest BCUT2D eigenvalue weighted by atomic mass is 10.1. The fourth-order valence-electron chi connectivity index (χ4n) is 3.36. The van der Waals surface area contributed by atoms with E-state index in [9.17, 15) is 14.4 Å². The van der Waals surface area contributed by atoms with Crippen molar-refractivity contribution in [1.82, 2.24) is 0 Å². The Hall–Kier alpha value is -4.85. The SMILES string of the molecule is C=CC(=O)OCCCCOc1ccc(C(=O)Oc2ccc(-c3ccc(OCCOC(=O)C(=C)C)cc3)cc2)cc1. The third-order valence-electron chi connectivity index (χ3n) is 5.49. The van der Waals surface area contributed by atoms with Crippen LogP contribution in [0.3, 0.4) is 0 Å². The van der Waals surface area contributed by atoms with Crippen molar-refractivity contribution in [2.24, 2.45) is 0 Å². The lowest BCUT2D eigenvalue weighted by molar-refractivity contribution is -0.140. The Balaban J connectivity index is 1.42. The van der Waals surface area contributed by atoms with Gasteiger partial charge in [0.05, 0.1) is 18.8 Å². The average Bonchev–Trinajstić information content (AvgIpc) is 2.97. The molecular formula is C32H32O8. The number of carbonyl (C=O) groups excluding carboxylic acids is 3. The van der Waals surface area contributed by atoms with E-state index in [1.165, 1.54) is 0 Å². The van der Waals surface area contributed by atoms with E-state index in [-0.39, 0.29) is 13.2 Å². The second-order valence-corrected chi connectivity index (χ2v) is 8.65. The molecule has 0 amide bonds. The van der Waals surface area contributed by atoms with Crippen LogP contribution in [-0.4, -0.2) is 44.3 Å². The van der Waals surface area contributed by atoms with Gasteiger partial charge in [-0.3, -0.25) is 0 Å². The van der Waals surface area contributed by atoms with Crippen LogP contribution >= 0.6 is 0 Å². The molecule has 0 spiro atoms. The lowest BCUT2D eigenvalue weighted by Gasteiger charge is -2.09. The fourth-order valence-corrected chi connectivity index (χ4v) is 3.36. The quantitative estimate of drug-likeness (QED) is 0.100. The van der Waals surface area contributed by atoms with Crippen molar-refractivity contribution in [1.29, 1.82) is 0 Å². The minimum atomic E-state index is -0.473. The summed E-state index contributed by atoms with van der Waals surface area (Å²) in [4.78, 5) is 34.9. The van der Waals surface area contributed by atoms with Crippen LogP contribution in [0.2, 0.25) is 0 Å². The summed E-state index contributed by atoms with van der Waals surface area (Å²) in [6.45, 7) is 9.63. The second-order valence-electron chi connectivity index (χ2n) is 8.65. The molecule has 0 aliphatic carbocycles. The van der Waals surface area contributed by atoms with Crippen LogP contribution < -0.4 is 14.2 Å². The normalized spacial score (nSPS) is 10.2. The number of esters is 3. The van der Waals surface area contributed by atoms with Gasteiger partial charge in [-0.1, -0.05) is 37.4 Å². The van der Waals surface area contributed by atoms with Crippen molar-refractivity contribution < 1.29 is 38.1 Å². The Morgan fingerprint density at radius 3 is 1.77 bits per heavy atom. The van der Waals surface area contributed by atoms with Crippen molar-refractivity contribution in [2.45, 2.75) is 19.8 Å². The molecule has 0 fully saturated rings. The Morgan fingerprint density at radius 2 is 1.20 bits per heavy atom. The minimum Gasteiger partial charge on any atom is -0.494 e.